The predicted molar refractivity (Wildman–Crippen MR) is 127 cm³/mol. The van der Waals surface area contributed by atoms with E-state index in [0.717, 1.165) is 35.1 Å². The van der Waals surface area contributed by atoms with Gasteiger partial charge < -0.3 is 15.6 Å². The highest BCUT2D eigenvalue weighted by molar-refractivity contribution is 5.96. The maximum atomic E-state index is 13.0. The summed E-state index contributed by atoms with van der Waals surface area (Å²) in [6, 6.07) is 17.2. The fourth-order valence-corrected chi connectivity index (χ4v) is 3.70. The third-order valence-electron chi connectivity index (χ3n) is 5.40. The Bertz CT molecular complexity index is 1280. The Morgan fingerprint density at radius 3 is 2.48 bits per heavy atom. The minimum absolute atomic E-state index is 0.133. The van der Waals surface area contributed by atoms with Gasteiger partial charge in [0.2, 0.25) is 11.7 Å². The SMILES string of the molecule is CCCCC(=O)N(Cc1ccc(-c2ccccc2-c2nn[nH]n2)cc1)c1c(N)cc[nH]c1=O. The van der Waals surface area contributed by atoms with Gasteiger partial charge in [-0.3, -0.25) is 9.59 Å². The zero-order chi connectivity index (χ0) is 23.2. The molecule has 0 atom stereocenters. The second-order valence-corrected chi connectivity index (χ2v) is 7.67. The Balaban J connectivity index is 1.64. The number of benzene rings is 2. The molecule has 0 fully saturated rings. The monoisotopic (exact) mass is 443 g/mol. The molecule has 0 saturated carbocycles. The number of carbonyl (C=O) groups is 1. The predicted octanol–water partition coefficient (Wildman–Crippen LogP) is 3.53. The maximum absolute atomic E-state index is 13.0. The number of nitrogens with two attached hydrogens (primary N) is 1. The molecule has 0 saturated heterocycles. The van der Waals surface area contributed by atoms with Crippen molar-refractivity contribution in [1.29, 1.82) is 0 Å². The zero-order valence-electron chi connectivity index (χ0n) is 18.3. The Morgan fingerprint density at radius 1 is 1.06 bits per heavy atom. The fourth-order valence-electron chi connectivity index (χ4n) is 3.70. The molecule has 2 heterocycles. The van der Waals surface area contributed by atoms with Crippen LogP contribution in [0.5, 0.6) is 0 Å². The number of hydrogen-bond donors (Lipinski definition) is 3. The van der Waals surface area contributed by atoms with Crippen molar-refractivity contribution in [2.75, 3.05) is 10.6 Å². The molecule has 9 nitrogen and oxygen atoms in total. The molecule has 0 unspecified atom stereocenters. The molecule has 4 aromatic rings. The number of nitrogens with one attached hydrogen (secondary N) is 2. The van der Waals surface area contributed by atoms with Gasteiger partial charge in [-0.25, -0.2) is 0 Å². The molecule has 2 aromatic carbocycles. The average molecular weight is 444 g/mol. The number of rotatable bonds is 8. The number of hydrogen-bond acceptors (Lipinski definition) is 6. The standard InChI is InChI=1S/C24H25N7O2/c1-2-3-8-21(32)31(22-20(25)13-14-26-24(22)33)15-16-9-11-17(12-10-16)18-6-4-5-7-19(18)23-27-29-30-28-23/h4-7,9-14H,2-3,8,15H2,1H3,(H3,25,26,33)(H,27,28,29,30). The first-order chi connectivity index (χ1) is 16.1. The van der Waals surface area contributed by atoms with Crippen LogP contribution in [0.1, 0.15) is 31.7 Å². The molecular weight excluding hydrogens is 418 g/mol. The fraction of sp³-hybridized carbons (Fsp3) is 0.208. The number of nitrogen functional groups attached to an aromatic ring is 1. The number of unbranched alkanes of at least 4 members (excludes halogenated alkanes) is 1. The molecule has 1 amide bonds. The van der Waals surface area contributed by atoms with Crippen LogP contribution in [-0.2, 0) is 11.3 Å². The Hall–Kier alpha value is -4.27. The lowest BCUT2D eigenvalue weighted by molar-refractivity contribution is -0.118. The number of carbonyl (C=O) groups excluding carboxylic acids is 1. The molecule has 9 heteroatoms. The van der Waals surface area contributed by atoms with Crippen LogP contribution in [-0.4, -0.2) is 31.5 Å². The average Bonchev–Trinajstić information content (AvgIpc) is 3.37. The first kappa shape index (κ1) is 21.9. The number of tetrazole rings is 1. The number of amides is 1. The van der Waals surface area contributed by atoms with Crippen molar-refractivity contribution in [2.24, 2.45) is 0 Å². The summed E-state index contributed by atoms with van der Waals surface area (Å²) in [4.78, 5) is 29.6. The number of anilines is 2. The van der Waals surface area contributed by atoms with Crippen LogP contribution in [0.15, 0.2) is 65.6 Å². The minimum Gasteiger partial charge on any atom is -0.397 e. The van der Waals surface area contributed by atoms with Crippen molar-refractivity contribution in [3.63, 3.8) is 0 Å². The number of H-pyrrole nitrogens is 2. The topological polar surface area (TPSA) is 134 Å². The third kappa shape index (κ3) is 4.82. The normalized spacial score (nSPS) is 10.8. The van der Waals surface area contributed by atoms with Gasteiger partial charge in [0.05, 0.1) is 12.2 Å². The van der Waals surface area contributed by atoms with Gasteiger partial charge >= 0.3 is 0 Å². The van der Waals surface area contributed by atoms with Gasteiger partial charge in [-0.05, 0) is 34.4 Å². The lowest BCUT2D eigenvalue weighted by Gasteiger charge is -2.23. The lowest BCUT2D eigenvalue weighted by atomic mass is 9.98. The van der Waals surface area contributed by atoms with Gasteiger partial charge in [0.1, 0.15) is 5.69 Å². The molecule has 33 heavy (non-hydrogen) atoms. The molecule has 0 aliphatic carbocycles. The number of pyridine rings is 1. The van der Waals surface area contributed by atoms with Crippen LogP contribution in [0.2, 0.25) is 0 Å². The molecule has 0 radical (unpaired) electrons. The van der Waals surface area contributed by atoms with Gasteiger partial charge in [-0.15, -0.1) is 10.2 Å². The van der Waals surface area contributed by atoms with E-state index in [1.54, 1.807) is 6.07 Å². The highest BCUT2D eigenvalue weighted by Gasteiger charge is 2.21. The molecule has 0 spiro atoms. The van der Waals surface area contributed by atoms with Crippen LogP contribution in [0.3, 0.4) is 0 Å². The van der Waals surface area contributed by atoms with Crippen molar-refractivity contribution in [3.05, 3.63) is 76.7 Å². The van der Waals surface area contributed by atoms with Gasteiger partial charge in [-0.2, -0.15) is 5.21 Å². The molecule has 0 aliphatic rings. The van der Waals surface area contributed by atoms with E-state index in [4.69, 9.17) is 5.73 Å². The first-order valence-electron chi connectivity index (χ1n) is 10.8. The number of nitrogens with zero attached hydrogens (tertiary/aromatic N) is 4. The van der Waals surface area contributed by atoms with Crippen LogP contribution in [0.25, 0.3) is 22.5 Å². The van der Waals surface area contributed by atoms with E-state index in [9.17, 15) is 9.59 Å². The highest BCUT2D eigenvalue weighted by atomic mass is 16.2. The van der Waals surface area contributed by atoms with Crippen molar-refractivity contribution in [3.8, 4) is 22.5 Å². The molecule has 4 rings (SSSR count). The second-order valence-electron chi connectivity index (χ2n) is 7.67. The summed E-state index contributed by atoms with van der Waals surface area (Å²) in [6.07, 6.45) is 3.45. The number of aromatic nitrogens is 5. The van der Waals surface area contributed by atoms with Crippen LogP contribution < -0.4 is 16.2 Å². The van der Waals surface area contributed by atoms with E-state index in [0.29, 0.717) is 12.2 Å². The van der Waals surface area contributed by atoms with Crippen molar-refractivity contribution < 1.29 is 4.79 Å². The van der Waals surface area contributed by atoms with Crippen LogP contribution in [0, 0.1) is 0 Å². The van der Waals surface area contributed by atoms with E-state index >= 15 is 0 Å². The Kier molecular flexibility index (Phi) is 6.58. The molecular formula is C24H25N7O2. The quantitative estimate of drug-likeness (QED) is 0.381. The molecule has 2 aromatic heterocycles. The molecule has 0 aliphatic heterocycles. The lowest BCUT2D eigenvalue weighted by Crippen LogP contribution is -2.35. The van der Waals surface area contributed by atoms with Crippen molar-refractivity contribution in [1.82, 2.24) is 25.6 Å². The van der Waals surface area contributed by atoms with Crippen molar-refractivity contribution in [2.45, 2.75) is 32.7 Å². The van der Waals surface area contributed by atoms with E-state index in [1.165, 1.54) is 11.1 Å². The summed E-state index contributed by atoms with van der Waals surface area (Å²) in [5.74, 6) is 0.382. The van der Waals surface area contributed by atoms with Gasteiger partial charge in [0.15, 0.2) is 0 Å². The zero-order valence-corrected chi connectivity index (χ0v) is 18.3. The summed E-state index contributed by atoms with van der Waals surface area (Å²) in [7, 11) is 0. The third-order valence-corrected chi connectivity index (χ3v) is 5.40. The van der Waals surface area contributed by atoms with Crippen LogP contribution >= 0.6 is 0 Å². The second kappa shape index (κ2) is 9.90. The largest absolute Gasteiger partial charge is 0.397 e. The molecule has 0 bridgehead atoms. The smallest absolute Gasteiger partial charge is 0.274 e. The van der Waals surface area contributed by atoms with E-state index in [-0.39, 0.29) is 29.4 Å². The van der Waals surface area contributed by atoms with Crippen LogP contribution in [0.4, 0.5) is 11.4 Å². The Morgan fingerprint density at radius 2 is 1.82 bits per heavy atom. The van der Waals surface area contributed by atoms with Gasteiger partial charge in [-0.1, -0.05) is 61.9 Å². The Labute approximate surface area is 190 Å². The minimum atomic E-state index is -0.384. The van der Waals surface area contributed by atoms with E-state index in [2.05, 4.69) is 25.6 Å². The van der Waals surface area contributed by atoms with Gasteiger partial charge in [0.25, 0.3) is 5.56 Å². The summed E-state index contributed by atoms with van der Waals surface area (Å²) in [5.41, 5.74) is 9.82. The summed E-state index contributed by atoms with van der Waals surface area (Å²) >= 11 is 0. The number of aromatic amines is 2. The summed E-state index contributed by atoms with van der Waals surface area (Å²) < 4.78 is 0. The highest BCUT2D eigenvalue weighted by Crippen LogP contribution is 2.30. The maximum Gasteiger partial charge on any atom is 0.274 e. The summed E-state index contributed by atoms with van der Waals surface area (Å²) in [6.45, 7) is 2.26. The molecule has 4 N–H and O–H groups in total. The van der Waals surface area contributed by atoms with E-state index < -0.39 is 0 Å². The summed E-state index contributed by atoms with van der Waals surface area (Å²) in [5, 5.41) is 14.3. The van der Waals surface area contributed by atoms with E-state index in [1.807, 2.05) is 55.5 Å². The first-order valence-corrected chi connectivity index (χ1v) is 10.8. The van der Waals surface area contributed by atoms with Gasteiger partial charge in [0, 0.05) is 18.2 Å². The van der Waals surface area contributed by atoms with Crippen molar-refractivity contribution >= 4 is 17.3 Å². The molecule has 168 valence electrons.